The summed E-state index contributed by atoms with van der Waals surface area (Å²) in [5, 5.41) is 7.88. The molecular weight excluding hydrogens is 260 g/mol. The lowest BCUT2D eigenvalue weighted by molar-refractivity contribution is 0.498. The highest BCUT2D eigenvalue weighted by Crippen LogP contribution is 2.19. The third-order valence-electron chi connectivity index (χ3n) is 3.60. The number of hydrogen-bond donors (Lipinski definition) is 1. The second kappa shape index (κ2) is 7.93. The monoisotopic (exact) mass is 286 g/mol. The van der Waals surface area contributed by atoms with E-state index in [4.69, 9.17) is 0 Å². The Morgan fingerprint density at radius 1 is 1.19 bits per heavy atom. The van der Waals surface area contributed by atoms with Crippen LogP contribution in [0.25, 0.3) is 0 Å². The normalized spacial score (nSPS) is 12.8. The van der Waals surface area contributed by atoms with Crippen molar-refractivity contribution in [2.45, 2.75) is 52.1 Å². The summed E-state index contributed by atoms with van der Waals surface area (Å²) < 4.78 is 2.03. The molecule has 4 heteroatoms. The predicted octanol–water partition coefficient (Wildman–Crippen LogP) is 3.01. The van der Waals surface area contributed by atoms with Gasteiger partial charge in [-0.1, -0.05) is 51.1 Å². The van der Waals surface area contributed by atoms with Crippen molar-refractivity contribution in [3.8, 4) is 0 Å². The van der Waals surface area contributed by atoms with Gasteiger partial charge >= 0.3 is 0 Å². The molecule has 0 saturated carbocycles. The highest BCUT2D eigenvalue weighted by Gasteiger charge is 2.16. The molecule has 0 aliphatic heterocycles. The minimum atomic E-state index is 0.424. The molecule has 2 rings (SSSR count). The van der Waals surface area contributed by atoms with Crippen LogP contribution in [0.3, 0.4) is 0 Å². The third kappa shape index (κ3) is 4.67. The SMILES string of the molecule is CCCn1ncnc1CC(CNC(C)C)c1ccccc1. The van der Waals surface area contributed by atoms with Crippen LogP contribution in [-0.4, -0.2) is 27.4 Å². The molecule has 21 heavy (non-hydrogen) atoms. The molecule has 0 saturated heterocycles. The fourth-order valence-electron chi connectivity index (χ4n) is 2.48. The Morgan fingerprint density at radius 2 is 1.95 bits per heavy atom. The molecule has 1 unspecified atom stereocenters. The smallest absolute Gasteiger partial charge is 0.138 e. The number of rotatable bonds is 8. The van der Waals surface area contributed by atoms with Crippen molar-refractivity contribution >= 4 is 0 Å². The van der Waals surface area contributed by atoms with Crippen molar-refractivity contribution in [2.24, 2.45) is 0 Å². The van der Waals surface area contributed by atoms with E-state index in [2.05, 4.69) is 66.5 Å². The standard InChI is InChI=1S/C17H26N4/c1-4-10-21-17(19-13-20-21)11-16(12-18-14(2)3)15-8-6-5-7-9-15/h5-9,13-14,16,18H,4,10-12H2,1-3H3. The number of benzene rings is 1. The van der Waals surface area contributed by atoms with E-state index in [-0.39, 0.29) is 0 Å². The highest BCUT2D eigenvalue weighted by molar-refractivity contribution is 5.21. The molecule has 0 amide bonds. The third-order valence-corrected chi connectivity index (χ3v) is 3.60. The summed E-state index contributed by atoms with van der Waals surface area (Å²) in [5.41, 5.74) is 1.36. The minimum Gasteiger partial charge on any atom is -0.314 e. The number of nitrogens with one attached hydrogen (secondary N) is 1. The first-order chi connectivity index (χ1) is 10.2. The van der Waals surface area contributed by atoms with Crippen molar-refractivity contribution in [3.63, 3.8) is 0 Å². The lowest BCUT2D eigenvalue weighted by atomic mass is 9.95. The summed E-state index contributed by atoms with van der Waals surface area (Å²) in [7, 11) is 0. The van der Waals surface area contributed by atoms with Gasteiger partial charge in [-0.05, 0) is 12.0 Å². The number of nitrogens with zero attached hydrogens (tertiary/aromatic N) is 3. The van der Waals surface area contributed by atoms with E-state index in [1.54, 1.807) is 6.33 Å². The van der Waals surface area contributed by atoms with E-state index < -0.39 is 0 Å². The molecular formula is C17H26N4. The maximum absolute atomic E-state index is 4.45. The van der Waals surface area contributed by atoms with Crippen molar-refractivity contribution in [2.75, 3.05) is 6.54 Å². The minimum absolute atomic E-state index is 0.424. The molecule has 1 atom stereocenters. The zero-order valence-corrected chi connectivity index (χ0v) is 13.3. The van der Waals surface area contributed by atoms with Gasteiger partial charge in [0.25, 0.3) is 0 Å². The molecule has 4 nitrogen and oxygen atoms in total. The van der Waals surface area contributed by atoms with E-state index in [1.165, 1.54) is 5.56 Å². The summed E-state index contributed by atoms with van der Waals surface area (Å²) in [6, 6.07) is 11.2. The van der Waals surface area contributed by atoms with Gasteiger partial charge in [-0.15, -0.1) is 0 Å². The number of hydrogen-bond acceptors (Lipinski definition) is 3. The van der Waals surface area contributed by atoms with Gasteiger partial charge in [0, 0.05) is 31.5 Å². The summed E-state index contributed by atoms with van der Waals surface area (Å²) in [6.45, 7) is 8.43. The van der Waals surface area contributed by atoms with E-state index in [0.717, 1.165) is 31.8 Å². The van der Waals surface area contributed by atoms with Gasteiger partial charge < -0.3 is 5.32 Å². The average Bonchev–Trinajstić information content (AvgIpc) is 2.92. The lowest BCUT2D eigenvalue weighted by Gasteiger charge is -2.19. The van der Waals surface area contributed by atoms with Crippen LogP contribution in [-0.2, 0) is 13.0 Å². The van der Waals surface area contributed by atoms with Crippen LogP contribution in [0.15, 0.2) is 36.7 Å². The van der Waals surface area contributed by atoms with Gasteiger partial charge in [0.2, 0.25) is 0 Å². The Kier molecular flexibility index (Phi) is 5.93. The Labute approximate surface area is 127 Å². The van der Waals surface area contributed by atoms with Gasteiger partial charge in [0.15, 0.2) is 0 Å². The van der Waals surface area contributed by atoms with Crippen LogP contribution in [0.1, 0.15) is 44.5 Å². The van der Waals surface area contributed by atoms with Crippen LogP contribution in [0.5, 0.6) is 0 Å². The second-order valence-corrected chi connectivity index (χ2v) is 5.77. The van der Waals surface area contributed by atoms with Crippen molar-refractivity contribution in [1.82, 2.24) is 20.1 Å². The summed E-state index contributed by atoms with van der Waals surface area (Å²) in [5.74, 6) is 1.50. The van der Waals surface area contributed by atoms with E-state index in [0.29, 0.717) is 12.0 Å². The van der Waals surface area contributed by atoms with Crippen LogP contribution in [0.4, 0.5) is 0 Å². The van der Waals surface area contributed by atoms with E-state index in [1.807, 2.05) is 4.68 Å². The van der Waals surface area contributed by atoms with Crippen molar-refractivity contribution in [1.29, 1.82) is 0 Å². The quantitative estimate of drug-likeness (QED) is 0.811. The second-order valence-electron chi connectivity index (χ2n) is 5.77. The topological polar surface area (TPSA) is 42.7 Å². The summed E-state index contributed by atoms with van der Waals surface area (Å²) in [4.78, 5) is 4.45. The Balaban J connectivity index is 2.13. The molecule has 1 N–H and O–H groups in total. The molecule has 2 aromatic rings. The molecule has 1 aromatic heterocycles. The van der Waals surface area contributed by atoms with Crippen LogP contribution >= 0.6 is 0 Å². The molecule has 0 aliphatic carbocycles. The van der Waals surface area contributed by atoms with Crippen LogP contribution in [0, 0.1) is 0 Å². The molecule has 1 heterocycles. The van der Waals surface area contributed by atoms with E-state index in [9.17, 15) is 0 Å². The largest absolute Gasteiger partial charge is 0.314 e. The van der Waals surface area contributed by atoms with Crippen molar-refractivity contribution < 1.29 is 0 Å². The number of aromatic nitrogens is 3. The molecule has 0 aliphatic rings. The van der Waals surface area contributed by atoms with Crippen LogP contribution in [0.2, 0.25) is 0 Å². The highest BCUT2D eigenvalue weighted by atomic mass is 15.3. The Morgan fingerprint density at radius 3 is 2.62 bits per heavy atom. The summed E-state index contributed by atoms with van der Waals surface area (Å²) in [6.07, 6.45) is 3.67. The Bertz CT molecular complexity index is 519. The average molecular weight is 286 g/mol. The molecule has 0 fully saturated rings. The fraction of sp³-hybridized carbons (Fsp3) is 0.529. The Hall–Kier alpha value is -1.68. The zero-order valence-electron chi connectivity index (χ0n) is 13.3. The lowest BCUT2D eigenvalue weighted by Crippen LogP contribution is -2.29. The molecule has 0 bridgehead atoms. The molecule has 1 aromatic carbocycles. The first-order valence-electron chi connectivity index (χ1n) is 7.85. The van der Waals surface area contributed by atoms with Crippen LogP contribution < -0.4 is 5.32 Å². The zero-order chi connectivity index (χ0) is 15.1. The molecule has 114 valence electrons. The maximum atomic E-state index is 4.45. The molecule has 0 spiro atoms. The van der Waals surface area contributed by atoms with E-state index >= 15 is 0 Å². The number of aryl methyl sites for hydroxylation is 1. The summed E-state index contributed by atoms with van der Waals surface area (Å²) >= 11 is 0. The van der Waals surface area contributed by atoms with Gasteiger partial charge in [-0.3, -0.25) is 4.68 Å². The predicted molar refractivity (Wildman–Crippen MR) is 86.3 cm³/mol. The first kappa shape index (κ1) is 15.7. The van der Waals surface area contributed by atoms with Gasteiger partial charge in [-0.25, -0.2) is 4.98 Å². The van der Waals surface area contributed by atoms with Gasteiger partial charge in [0.05, 0.1) is 0 Å². The fourth-order valence-corrected chi connectivity index (χ4v) is 2.48. The molecule has 0 radical (unpaired) electrons. The van der Waals surface area contributed by atoms with Gasteiger partial charge in [-0.2, -0.15) is 5.10 Å². The first-order valence-corrected chi connectivity index (χ1v) is 7.85. The van der Waals surface area contributed by atoms with Crippen molar-refractivity contribution in [3.05, 3.63) is 48.0 Å². The van der Waals surface area contributed by atoms with Gasteiger partial charge in [0.1, 0.15) is 12.2 Å². The maximum Gasteiger partial charge on any atom is 0.138 e.